The molecule has 0 unspecified atom stereocenters. The van der Waals surface area contributed by atoms with E-state index in [2.05, 4.69) is 14.5 Å². The standard InChI is InChI=1S/C13H16N6OS/c1-17-7-10(6-14-17)19-5-4-18(8-11(19)20)13-15-12(16-21-13)9-2-3-9/h6-7,9H,2-5,8H2,1H3. The molecule has 2 fully saturated rings. The predicted molar refractivity (Wildman–Crippen MR) is 79.7 cm³/mol. The predicted octanol–water partition coefficient (Wildman–Crippen LogP) is 1.00. The van der Waals surface area contributed by atoms with E-state index in [1.54, 1.807) is 15.8 Å². The fraction of sp³-hybridized carbons (Fsp3) is 0.538. The van der Waals surface area contributed by atoms with Gasteiger partial charge in [0.25, 0.3) is 0 Å². The molecule has 4 rings (SSSR count). The number of amides is 1. The largest absolute Gasteiger partial charge is 0.336 e. The van der Waals surface area contributed by atoms with Crippen molar-refractivity contribution in [1.29, 1.82) is 0 Å². The summed E-state index contributed by atoms with van der Waals surface area (Å²) in [7, 11) is 1.85. The molecule has 110 valence electrons. The molecule has 7 nitrogen and oxygen atoms in total. The highest BCUT2D eigenvalue weighted by molar-refractivity contribution is 7.09. The first-order chi connectivity index (χ1) is 10.2. The second-order valence-electron chi connectivity index (χ2n) is 5.55. The second-order valence-corrected chi connectivity index (χ2v) is 6.28. The van der Waals surface area contributed by atoms with E-state index in [4.69, 9.17) is 0 Å². The van der Waals surface area contributed by atoms with Gasteiger partial charge in [0, 0.05) is 43.8 Å². The molecule has 0 N–H and O–H groups in total. The van der Waals surface area contributed by atoms with Crippen molar-refractivity contribution in [2.45, 2.75) is 18.8 Å². The van der Waals surface area contributed by atoms with Crippen LogP contribution in [0.15, 0.2) is 12.4 Å². The number of aryl methyl sites for hydroxylation is 1. The van der Waals surface area contributed by atoms with Gasteiger partial charge in [0.2, 0.25) is 11.0 Å². The third kappa shape index (κ3) is 2.39. The Morgan fingerprint density at radius 1 is 1.33 bits per heavy atom. The summed E-state index contributed by atoms with van der Waals surface area (Å²) in [6.07, 6.45) is 5.99. The van der Waals surface area contributed by atoms with E-state index >= 15 is 0 Å². The molecule has 1 aliphatic heterocycles. The van der Waals surface area contributed by atoms with Crippen LogP contribution in [0, 0.1) is 0 Å². The lowest BCUT2D eigenvalue weighted by atomic mass is 10.3. The van der Waals surface area contributed by atoms with Crippen LogP contribution in [0.3, 0.4) is 0 Å². The van der Waals surface area contributed by atoms with Gasteiger partial charge in [-0.3, -0.25) is 9.48 Å². The molecule has 8 heteroatoms. The van der Waals surface area contributed by atoms with Gasteiger partial charge in [-0.2, -0.15) is 9.47 Å². The summed E-state index contributed by atoms with van der Waals surface area (Å²) in [6, 6.07) is 0. The molecular weight excluding hydrogens is 288 g/mol. The minimum atomic E-state index is 0.0809. The number of nitrogens with zero attached hydrogens (tertiary/aromatic N) is 6. The lowest BCUT2D eigenvalue weighted by Gasteiger charge is -2.33. The quantitative estimate of drug-likeness (QED) is 0.846. The molecule has 1 aliphatic carbocycles. The highest BCUT2D eigenvalue weighted by Gasteiger charge is 2.31. The van der Waals surface area contributed by atoms with E-state index in [1.807, 2.05) is 18.1 Å². The highest BCUT2D eigenvalue weighted by Crippen LogP contribution is 2.39. The van der Waals surface area contributed by atoms with E-state index < -0.39 is 0 Å². The molecule has 1 saturated carbocycles. The van der Waals surface area contributed by atoms with Gasteiger partial charge in [-0.05, 0) is 12.8 Å². The Morgan fingerprint density at radius 3 is 2.86 bits per heavy atom. The summed E-state index contributed by atoms with van der Waals surface area (Å²) in [5, 5.41) is 4.99. The molecule has 0 spiro atoms. The lowest BCUT2D eigenvalue weighted by molar-refractivity contribution is -0.117. The third-order valence-electron chi connectivity index (χ3n) is 3.87. The minimum absolute atomic E-state index is 0.0809. The number of anilines is 2. The monoisotopic (exact) mass is 304 g/mol. The summed E-state index contributed by atoms with van der Waals surface area (Å²) in [6.45, 7) is 1.79. The number of rotatable bonds is 3. The van der Waals surface area contributed by atoms with Crippen LogP contribution in [-0.4, -0.2) is 44.7 Å². The van der Waals surface area contributed by atoms with E-state index in [-0.39, 0.29) is 5.91 Å². The van der Waals surface area contributed by atoms with Crippen molar-refractivity contribution < 1.29 is 4.79 Å². The molecule has 1 saturated heterocycles. The Hall–Kier alpha value is -1.96. The Balaban J connectivity index is 1.47. The third-order valence-corrected chi connectivity index (χ3v) is 4.66. The van der Waals surface area contributed by atoms with Crippen molar-refractivity contribution in [3.8, 4) is 0 Å². The van der Waals surface area contributed by atoms with Crippen LogP contribution in [0.5, 0.6) is 0 Å². The first-order valence-corrected chi connectivity index (χ1v) is 7.85. The molecule has 2 aliphatic rings. The zero-order chi connectivity index (χ0) is 14.4. The van der Waals surface area contributed by atoms with Gasteiger partial charge in [-0.1, -0.05) is 0 Å². The minimum Gasteiger partial charge on any atom is -0.336 e. The van der Waals surface area contributed by atoms with Crippen molar-refractivity contribution in [1.82, 2.24) is 19.1 Å². The van der Waals surface area contributed by atoms with E-state index in [0.29, 0.717) is 19.0 Å². The van der Waals surface area contributed by atoms with Crippen LogP contribution in [-0.2, 0) is 11.8 Å². The Labute approximate surface area is 126 Å². The first-order valence-electron chi connectivity index (χ1n) is 7.08. The molecule has 3 heterocycles. The molecule has 0 radical (unpaired) electrons. The van der Waals surface area contributed by atoms with Crippen LogP contribution >= 0.6 is 11.5 Å². The van der Waals surface area contributed by atoms with Crippen LogP contribution in [0.2, 0.25) is 0 Å². The number of hydrogen-bond acceptors (Lipinski definition) is 6. The molecule has 2 aromatic heterocycles. The summed E-state index contributed by atoms with van der Waals surface area (Å²) >= 11 is 1.41. The second kappa shape index (κ2) is 4.80. The molecule has 0 bridgehead atoms. The maximum atomic E-state index is 12.3. The molecule has 21 heavy (non-hydrogen) atoms. The molecule has 0 aromatic carbocycles. The fourth-order valence-corrected chi connectivity index (χ4v) is 3.29. The summed E-state index contributed by atoms with van der Waals surface area (Å²) in [5.74, 6) is 1.59. The lowest BCUT2D eigenvalue weighted by Crippen LogP contribution is -2.50. The van der Waals surface area contributed by atoms with Crippen molar-refractivity contribution in [3.05, 3.63) is 18.2 Å². The van der Waals surface area contributed by atoms with Crippen LogP contribution < -0.4 is 9.80 Å². The Bertz CT molecular complexity index is 676. The Kier molecular flexibility index (Phi) is 2.91. The van der Waals surface area contributed by atoms with Gasteiger partial charge in [0.15, 0.2) is 0 Å². The van der Waals surface area contributed by atoms with E-state index in [1.165, 1.54) is 24.4 Å². The van der Waals surface area contributed by atoms with Crippen molar-refractivity contribution >= 4 is 28.3 Å². The first kappa shape index (κ1) is 12.8. The zero-order valence-corrected chi connectivity index (χ0v) is 12.6. The van der Waals surface area contributed by atoms with Gasteiger partial charge in [-0.15, -0.1) is 0 Å². The van der Waals surface area contributed by atoms with Crippen LogP contribution in [0.1, 0.15) is 24.6 Å². The smallest absolute Gasteiger partial charge is 0.246 e. The zero-order valence-electron chi connectivity index (χ0n) is 11.8. The highest BCUT2D eigenvalue weighted by atomic mass is 32.1. The summed E-state index contributed by atoms with van der Waals surface area (Å²) < 4.78 is 6.12. The van der Waals surface area contributed by atoms with Gasteiger partial charge >= 0.3 is 0 Å². The van der Waals surface area contributed by atoms with Gasteiger partial charge in [-0.25, -0.2) is 4.98 Å². The number of aromatic nitrogens is 4. The summed E-state index contributed by atoms with van der Waals surface area (Å²) in [4.78, 5) is 20.7. The Morgan fingerprint density at radius 2 is 2.19 bits per heavy atom. The normalized spacial score (nSPS) is 19.4. The van der Waals surface area contributed by atoms with Crippen LogP contribution in [0.25, 0.3) is 0 Å². The topological polar surface area (TPSA) is 67.2 Å². The molecule has 0 atom stereocenters. The molecule has 2 aromatic rings. The van der Waals surface area contributed by atoms with E-state index in [0.717, 1.165) is 23.2 Å². The van der Waals surface area contributed by atoms with Gasteiger partial charge in [0.05, 0.1) is 18.4 Å². The fourth-order valence-electron chi connectivity index (χ4n) is 2.52. The molecular formula is C13H16N6OS. The van der Waals surface area contributed by atoms with E-state index in [9.17, 15) is 4.79 Å². The van der Waals surface area contributed by atoms with Crippen molar-refractivity contribution in [2.75, 3.05) is 29.4 Å². The SMILES string of the molecule is Cn1cc(N2CCN(c3nc(C4CC4)ns3)CC2=O)cn1. The number of carbonyl (C=O) groups is 1. The average molecular weight is 304 g/mol. The van der Waals surface area contributed by atoms with Gasteiger partial charge in [0.1, 0.15) is 5.82 Å². The number of piperazine rings is 1. The maximum Gasteiger partial charge on any atom is 0.246 e. The average Bonchev–Trinajstić information content (AvgIpc) is 3.05. The maximum absolute atomic E-state index is 12.3. The van der Waals surface area contributed by atoms with Gasteiger partial charge < -0.3 is 9.80 Å². The number of hydrogen-bond donors (Lipinski definition) is 0. The van der Waals surface area contributed by atoms with Crippen molar-refractivity contribution in [2.24, 2.45) is 7.05 Å². The number of carbonyl (C=O) groups excluding carboxylic acids is 1. The summed E-state index contributed by atoms with van der Waals surface area (Å²) in [5.41, 5.74) is 0.859. The van der Waals surface area contributed by atoms with Crippen molar-refractivity contribution in [3.63, 3.8) is 0 Å². The molecule has 1 amide bonds. The van der Waals surface area contributed by atoms with Crippen LogP contribution in [0.4, 0.5) is 10.8 Å².